The summed E-state index contributed by atoms with van der Waals surface area (Å²) in [4.78, 5) is 4.78. The van der Waals surface area contributed by atoms with Crippen molar-refractivity contribution in [2.24, 2.45) is 0 Å². The molecule has 2 heterocycles. The van der Waals surface area contributed by atoms with E-state index in [0.717, 1.165) is 11.3 Å². The van der Waals surface area contributed by atoms with Gasteiger partial charge in [0.15, 0.2) is 0 Å². The summed E-state index contributed by atoms with van der Waals surface area (Å²) in [6, 6.07) is 8.33. The summed E-state index contributed by atoms with van der Waals surface area (Å²) in [6.45, 7) is 0.0711. The fourth-order valence-electron chi connectivity index (χ4n) is 1.17. The number of halogens is 2. The van der Waals surface area contributed by atoms with Crippen molar-refractivity contribution in [3.8, 4) is 11.9 Å². The first-order valence-corrected chi connectivity index (χ1v) is 6.23. The van der Waals surface area contributed by atoms with Gasteiger partial charge in [-0.1, -0.05) is 6.07 Å². The average molecular weight is 313 g/mol. The van der Waals surface area contributed by atoms with E-state index >= 15 is 0 Å². The van der Waals surface area contributed by atoms with E-state index in [4.69, 9.17) is 10.00 Å². The second kappa shape index (κ2) is 5.25. The third kappa shape index (κ3) is 3.02. The van der Waals surface area contributed by atoms with Gasteiger partial charge in [-0.05, 0) is 22.0 Å². The number of aromatic nitrogens is 1. The summed E-state index contributed by atoms with van der Waals surface area (Å²) < 4.78 is 19.3. The highest BCUT2D eigenvalue weighted by atomic mass is 79.9. The van der Waals surface area contributed by atoms with Crippen LogP contribution in [-0.2, 0) is 6.61 Å². The molecule has 0 aliphatic rings. The van der Waals surface area contributed by atoms with Crippen LogP contribution < -0.4 is 4.74 Å². The second-order valence-electron chi connectivity index (χ2n) is 3.08. The SMILES string of the molecule is N#Cc1cc(F)c(COc2cccc(Br)n2)s1. The molecule has 0 saturated carbocycles. The maximum absolute atomic E-state index is 13.3. The van der Waals surface area contributed by atoms with E-state index in [2.05, 4.69) is 20.9 Å². The molecule has 0 atom stereocenters. The highest BCUT2D eigenvalue weighted by molar-refractivity contribution is 9.10. The summed E-state index contributed by atoms with van der Waals surface area (Å²) in [7, 11) is 0. The molecule has 0 fully saturated rings. The molecule has 0 N–H and O–H groups in total. The Bertz CT molecular complexity index is 579. The van der Waals surface area contributed by atoms with Crippen LogP contribution >= 0.6 is 27.3 Å². The molecule has 2 rings (SSSR count). The predicted octanol–water partition coefficient (Wildman–Crippen LogP) is 3.50. The van der Waals surface area contributed by atoms with Crippen LogP contribution in [0.1, 0.15) is 9.75 Å². The van der Waals surface area contributed by atoms with Crippen molar-refractivity contribution in [3.05, 3.63) is 44.4 Å². The Labute approximate surface area is 110 Å². The third-order valence-corrected chi connectivity index (χ3v) is 3.34. The van der Waals surface area contributed by atoms with Gasteiger partial charge in [0.05, 0.1) is 4.88 Å². The van der Waals surface area contributed by atoms with Crippen molar-refractivity contribution in [2.75, 3.05) is 0 Å². The fourth-order valence-corrected chi connectivity index (χ4v) is 2.24. The Morgan fingerprint density at radius 1 is 1.53 bits per heavy atom. The normalized spacial score (nSPS) is 9.94. The predicted molar refractivity (Wildman–Crippen MR) is 65.3 cm³/mol. The van der Waals surface area contributed by atoms with Crippen molar-refractivity contribution in [1.82, 2.24) is 4.98 Å². The summed E-state index contributed by atoms with van der Waals surface area (Å²) in [5.41, 5.74) is 0. The van der Waals surface area contributed by atoms with Crippen LogP contribution in [0.5, 0.6) is 5.88 Å². The molecule has 0 radical (unpaired) electrons. The van der Waals surface area contributed by atoms with Gasteiger partial charge in [-0.25, -0.2) is 9.37 Å². The van der Waals surface area contributed by atoms with E-state index in [1.807, 2.05) is 6.07 Å². The fraction of sp³-hybridized carbons (Fsp3) is 0.0909. The third-order valence-electron chi connectivity index (χ3n) is 1.91. The van der Waals surface area contributed by atoms with Crippen LogP contribution in [0.3, 0.4) is 0 Å². The van der Waals surface area contributed by atoms with Crippen molar-refractivity contribution >= 4 is 27.3 Å². The molecule has 2 aromatic rings. The minimum atomic E-state index is -0.415. The first kappa shape index (κ1) is 12.0. The van der Waals surface area contributed by atoms with E-state index in [1.165, 1.54) is 6.07 Å². The Kier molecular flexibility index (Phi) is 3.71. The lowest BCUT2D eigenvalue weighted by Gasteiger charge is -2.03. The molecule has 17 heavy (non-hydrogen) atoms. The summed E-state index contributed by atoms with van der Waals surface area (Å²) in [5.74, 6) is -0.00719. The van der Waals surface area contributed by atoms with E-state index in [0.29, 0.717) is 20.2 Å². The van der Waals surface area contributed by atoms with Crippen LogP contribution in [0.15, 0.2) is 28.9 Å². The number of thiophene rings is 1. The van der Waals surface area contributed by atoms with Gasteiger partial charge < -0.3 is 4.74 Å². The van der Waals surface area contributed by atoms with Gasteiger partial charge in [-0.2, -0.15) is 5.26 Å². The molecular weight excluding hydrogens is 307 g/mol. The van der Waals surface area contributed by atoms with Crippen molar-refractivity contribution in [2.45, 2.75) is 6.61 Å². The topological polar surface area (TPSA) is 45.9 Å². The molecule has 0 unspecified atom stereocenters. The minimum Gasteiger partial charge on any atom is -0.472 e. The lowest BCUT2D eigenvalue weighted by molar-refractivity contribution is 0.291. The van der Waals surface area contributed by atoms with Gasteiger partial charge in [0.2, 0.25) is 5.88 Å². The Balaban J connectivity index is 2.07. The number of hydrogen-bond acceptors (Lipinski definition) is 4. The molecule has 6 heteroatoms. The largest absolute Gasteiger partial charge is 0.472 e. The molecule has 0 spiro atoms. The molecule has 0 bridgehead atoms. The molecule has 3 nitrogen and oxygen atoms in total. The first-order chi connectivity index (χ1) is 8.19. The first-order valence-electron chi connectivity index (χ1n) is 4.62. The second-order valence-corrected chi connectivity index (χ2v) is 5.03. The molecule has 2 aromatic heterocycles. The Morgan fingerprint density at radius 3 is 3.00 bits per heavy atom. The zero-order chi connectivity index (χ0) is 12.3. The Hall–Kier alpha value is -1.45. The number of pyridine rings is 1. The van der Waals surface area contributed by atoms with Gasteiger partial charge in [-0.15, -0.1) is 11.3 Å². The van der Waals surface area contributed by atoms with Crippen LogP contribution in [-0.4, -0.2) is 4.98 Å². The summed E-state index contributed by atoms with van der Waals surface area (Å²) in [5, 5.41) is 8.63. The zero-order valence-corrected chi connectivity index (χ0v) is 10.9. The standard InChI is InChI=1S/C11H6BrFN2OS/c12-10-2-1-3-11(15-10)16-6-9-8(13)4-7(5-14)17-9/h1-4H,6H2. The van der Waals surface area contributed by atoms with E-state index in [9.17, 15) is 4.39 Å². The quantitative estimate of drug-likeness (QED) is 0.815. The zero-order valence-electron chi connectivity index (χ0n) is 8.48. The van der Waals surface area contributed by atoms with Crippen LogP contribution in [0.4, 0.5) is 4.39 Å². The minimum absolute atomic E-state index is 0.0711. The Morgan fingerprint density at radius 2 is 2.35 bits per heavy atom. The molecule has 86 valence electrons. The molecule has 0 saturated heterocycles. The van der Waals surface area contributed by atoms with Gasteiger partial charge >= 0.3 is 0 Å². The maximum atomic E-state index is 13.3. The molecule has 0 aliphatic carbocycles. The monoisotopic (exact) mass is 312 g/mol. The smallest absolute Gasteiger partial charge is 0.214 e. The number of nitrogens with zero attached hydrogens (tertiary/aromatic N) is 2. The molecule has 0 amide bonds. The molecule has 0 aliphatic heterocycles. The number of ether oxygens (including phenoxy) is 1. The van der Waals surface area contributed by atoms with Crippen molar-refractivity contribution < 1.29 is 9.13 Å². The number of rotatable bonds is 3. The number of nitriles is 1. The number of hydrogen-bond donors (Lipinski definition) is 0. The molecule has 0 aromatic carbocycles. The van der Waals surface area contributed by atoms with Crippen molar-refractivity contribution in [1.29, 1.82) is 5.26 Å². The average Bonchev–Trinajstić information content (AvgIpc) is 2.68. The lowest BCUT2D eigenvalue weighted by atomic mass is 10.4. The van der Waals surface area contributed by atoms with Crippen molar-refractivity contribution in [3.63, 3.8) is 0 Å². The van der Waals surface area contributed by atoms with Gasteiger partial charge in [0.25, 0.3) is 0 Å². The maximum Gasteiger partial charge on any atom is 0.214 e. The van der Waals surface area contributed by atoms with Gasteiger partial charge in [0.1, 0.15) is 28.0 Å². The van der Waals surface area contributed by atoms with E-state index in [1.54, 1.807) is 18.2 Å². The summed E-state index contributed by atoms with van der Waals surface area (Å²) in [6.07, 6.45) is 0. The van der Waals surface area contributed by atoms with E-state index in [-0.39, 0.29) is 6.61 Å². The summed E-state index contributed by atoms with van der Waals surface area (Å²) >= 11 is 4.29. The van der Waals surface area contributed by atoms with Crippen LogP contribution in [0.25, 0.3) is 0 Å². The highest BCUT2D eigenvalue weighted by Gasteiger charge is 2.09. The van der Waals surface area contributed by atoms with Crippen LogP contribution in [0.2, 0.25) is 0 Å². The molecular formula is C11H6BrFN2OS. The van der Waals surface area contributed by atoms with Gasteiger partial charge in [0, 0.05) is 12.1 Å². The van der Waals surface area contributed by atoms with E-state index < -0.39 is 5.82 Å². The van der Waals surface area contributed by atoms with Gasteiger partial charge in [-0.3, -0.25) is 0 Å². The van der Waals surface area contributed by atoms with Crippen LogP contribution in [0, 0.1) is 17.1 Å². The highest BCUT2D eigenvalue weighted by Crippen LogP contribution is 2.22. The lowest BCUT2D eigenvalue weighted by Crippen LogP contribution is -1.96.